The van der Waals surface area contributed by atoms with E-state index in [1.54, 1.807) is 0 Å². The fraction of sp³-hybridized carbons (Fsp3) is 0.333. The maximum absolute atomic E-state index is 9.94. The predicted molar refractivity (Wildman–Crippen MR) is 84.0 cm³/mol. The Morgan fingerprint density at radius 1 is 1.05 bits per heavy atom. The van der Waals surface area contributed by atoms with Crippen molar-refractivity contribution in [3.05, 3.63) is 65.2 Å². The van der Waals surface area contributed by atoms with Gasteiger partial charge in [-0.2, -0.15) is 0 Å². The van der Waals surface area contributed by atoms with E-state index in [1.807, 2.05) is 25.1 Å². The zero-order chi connectivity index (χ0) is 14.4. The maximum atomic E-state index is 9.94. The lowest BCUT2D eigenvalue weighted by Gasteiger charge is -2.13. The first-order chi connectivity index (χ1) is 9.68. The summed E-state index contributed by atoms with van der Waals surface area (Å²) >= 11 is 0. The Bertz CT molecular complexity index is 536. The molecule has 0 fully saturated rings. The fourth-order valence-corrected chi connectivity index (χ4v) is 2.35. The Hall–Kier alpha value is -1.80. The molecule has 1 unspecified atom stereocenters. The highest BCUT2D eigenvalue weighted by Crippen LogP contribution is 2.21. The second-order valence-corrected chi connectivity index (χ2v) is 5.36. The average molecular weight is 269 g/mol. The van der Waals surface area contributed by atoms with Gasteiger partial charge in [-0.25, -0.2) is 0 Å². The quantitative estimate of drug-likeness (QED) is 0.777. The van der Waals surface area contributed by atoms with E-state index in [1.165, 1.54) is 5.56 Å². The van der Waals surface area contributed by atoms with Crippen molar-refractivity contribution < 1.29 is 5.11 Å². The van der Waals surface area contributed by atoms with Crippen molar-refractivity contribution in [3.8, 4) is 5.75 Å². The van der Waals surface area contributed by atoms with Gasteiger partial charge in [0, 0.05) is 12.1 Å². The topological polar surface area (TPSA) is 32.3 Å². The van der Waals surface area contributed by atoms with E-state index in [4.69, 9.17) is 0 Å². The van der Waals surface area contributed by atoms with Crippen LogP contribution in [0.4, 0.5) is 0 Å². The van der Waals surface area contributed by atoms with Crippen LogP contribution >= 0.6 is 0 Å². The molecule has 2 aromatic rings. The number of aromatic hydroxyl groups is 1. The van der Waals surface area contributed by atoms with Crippen molar-refractivity contribution in [1.82, 2.24) is 5.32 Å². The minimum atomic E-state index is 0.413. The van der Waals surface area contributed by atoms with Crippen LogP contribution in [0.25, 0.3) is 0 Å². The van der Waals surface area contributed by atoms with Gasteiger partial charge in [-0.3, -0.25) is 0 Å². The van der Waals surface area contributed by atoms with Gasteiger partial charge in [0.2, 0.25) is 0 Å². The molecule has 1 atom stereocenters. The summed E-state index contributed by atoms with van der Waals surface area (Å²) in [4.78, 5) is 0. The molecular weight excluding hydrogens is 246 g/mol. The van der Waals surface area contributed by atoms with Crippen LogP contribution in [0.2, 0.25) is 0 Å². The Labute approximate surface area is 121 Å². The molecule has 2 heteroatoms. The highest BCUT2D eigenvalue weighted by atomic mass is 16.3. The number of phenols is 1. The van der Waals surface area contributed by atoms with Gasteiger partial charge in [-0.15, -0.1) is 0 Å². The molecule has 20 heavy (non-hydrogen) atoms. The summed E-state index contributed by atoms with van der Waals surface area (Å²) in [5, 5.41) is 13.4. The summed E-state index contributed by atoms with van der Waals surface area (Å²) in [7, 11) is 0. The third-order valence-electron chi connectivity index (χ3n) is 3.76. The standard InChI is InChI=1S/C18H23NO/c1-14(16-8-4-3-5-9-16)11-12-19-13-17-10-6-7-15(2)18(17)20/h3-10,14,19-20H,11-13H2,1-2H3. The molecule has 0 aromatic heterocycles. The summed E-state index contributed by atoms with van der Waals surface area (Å²) in [5.41, 5.74) is 3.28. The Morgan fingerprint density at radius 3 is 2.55 bits per heavy atom. The zero-order valence-electron chi connectivity index (χ0n) is 12.3. The molecule has 0 aliphatic heterocycles. The normalized spacial score (nSPS) is 12.3. The van der Waals surface area contributed by atoms with E-state index in [0.29, 0.717) is 11.7 Å². The first kappa shape index (κ1) is 14.6. The number of nitrogens with one attached hydrogen (secondary N) is 1. The molecule has 0 saturated heterocycles. The van der Waals surface area contributed by atoms with E-state index in [2.05, 4.69) is 42.6 Å². The Morgan fingerprint density at radius 2 is 1.80 bits per heavy atom. The number of hydrogen-bond acceptors (Lipinski definition) is 2. The molecule has 0 saturated carbocycles. The van der Waals surface area contributed by atoms with Crippen molar-refractivity contribution in [2.24, 2.45) is 0 Å². The lowest BCUT2D eigenvalue weighted by atomic mass is 9.98. The molecule has 0 heterocycles. The van der Waals surface area contributed by atoms with Crippen molar-refractivity contribution in [2.45, 2.75) is 32.7 Å². The van der Waals surface area contributed by atoms with Crippen molar-refractivity contribution in [3.63, 3.8) is 0 Å². The molecule has 0 spiro atoms. The third kappa shape index (κ3) is 3.84. The first-order valence-corrected chi connectivity index (χ1v) is 7.21. The second kappa shape index (κ2) is 7.11. The molecule has 106 valence electrons. The van der Waals surface area contributed by atoms with Crippen molar-refractivity contribution in [2.75, 3.05) is 6.54 Å². The van der Waals surface area contributed by atoms with E-state index in [9.17, 15) is 5.11 Å². The minimum Gasteiger partial charge on any atom is -0.507 e. The molecule has 2 aromatic carbocycles. The summed E-state index contributed by atoms with van der Waals surface area (Å²) in [6, 6.07) is 16.5. The number of rotatable bonds is 6. The molecular formula is C18H23NO. The highest BCUT2D eigenvalue weighted by molar-refractivity contribution is 5.39. The lowest BCUT2D eigenvalue weighted by molar-refractivity contribution is 0.459. The van der Waals surface area contributed by atoms with E-state index < -0.39 is 0 Å². The van der Waals surface area contributed by atoms with Crippen LogP contribution in [-0.4, -0.2) is 11.7 Å². The number of phenolic OH excluding ortho intramolecular Hbond substituents is 1. The van der Waals surface area contributed by atoms with Gasteiger partial charge in [-0.1, -0.05) is 55.5 Å². The average Bonchev–Trinajstić information content (AvgIpc) is 2.48. The SMILES string of the molecule is Cc1cccc(CNCCC(C)c2ccccc2)c1O. The van der Waals surface area contributed by atoms with Gasteiger partial charge < -0.3 is 10.4 Å². The molecule has 0 aliphatic rings. The third-order valence-corrected chi connectivity index (χ3v) is 3.76. The van der Waals surface area contributed by atoms with Crippen LogP contribution < -0.4 is 5.32 Å². The van der Waals surface area contributed by atoms with Crippen LogP contribution in [0.15, 0.2) is 48.5 Å². The van der Waals surface area contributed by atoms with Crippen LogP contribution in [0, 0.1) is 6.92 Å². The Kier molecular flexibility index (Phi) is 5.19. The molecule has 2 rings (SSSR count). The number of hydrogen-bond donors (Lipinski definition) is 2. The largest absolute Gasteiger partial charge is 0.507 e. The van der Waals surface area contributed by atoms with E-state index in [0.717, 1.165) is 30.6 Å². The molecule has 0 aliphatic carbocycles. The van der Waals surface area contributed by atoms with Gasteiger partial charge in [0.15, 0.2) is 0 Å². The van der Waals surface area contributed by atoms with Gasteiger partial charge in [0.1, 0.15) is 5.75 Å². The number of benzene rings is 2. The van der Waals surface area contributed by atoms with Gasteiger partial charge in [0.05, 0.1) is 0 Å². The smallest absolute Gasteiger partial charge is 0.122 e. The first-order valence-electron chi connectivity index (χ1n) is 7.21. The summed E-state index contributed by atoms with van der Waals surface area (Å²) in [6.45, 7) is 5.84. The molecule has 0 bridgehead atoms. The Balaban J connectivity index is 1.78. The van der Waals surface area contributed by atoms with Crippen LogP contribution in [0.3, 0.4) is 0 Å². The zero-order valence-corrected chi connectivity index (χ0v) is 12.3. The second-order valence-electron chi connectivity index (χ2n) is 5.36. The fourth-order valence-electron chi connectivity index (χ4n) is 2.35. The number of para-hydroxylation sites is 1. The van der Waals surface area contributed by atoms with Gasteiger partial charge in [-0.05, 0) is 36.9 Å². The molecule has 0 amide bonds. The summed E-state index contributed by atoms with van der Waals surface area (Å²) in [5.74, 6) is 0.964. The number of aryl methyl sites for hydroxylation is 1. The summed E-state index contributed by atoms with van der Waals surface area (Å²) in [6.07, 6.45) is 1.09. The van der Waals surface area contributed by atoms with Crippen molar-refractivity contribution >= 4 is 0 Å². The lowest BCUT2D eigenvalue weighted by Crippen LogP contribution is -2.16. The molecule has 0 radical (unpaired) electrons. The predicted octanol–water partition coefficient (Wildman–Crippen LogP) is 3.98. The van der Waals surface area contributed by atoms with E-state index in [-0.39, 0.29) is 0 Å². The van der Waals surface area contributed by atoms with Crippen LogP contribution in [0.5, 0.6) is 5.75 Å². The molecule has 2 nitrogen and oxygen atoms in total. The van der Waals surface area contributed by atoms with Gasteiger partial charge in [0.25, 0.3) is 0 Å². The van der Waals surface area contributed by atoms with E-state index >= 15 is 0 Å². The highest BCUT2D eigenvalue weighted by Gasteiger charge is 2.05. The monoisotopic (exact) mass is 269 g/mol. The van der Waals surface area contributed by atoms with Gasteiger partial charge >= 0.3 is 0 Å². The molecule has 2 N–H and O–H groups in total. The summed E-state index contributed by atoms with van der Waals surface area (Å²) < 4.78 is 0. The minimum absolute atomic E-state index is 0.413. The van der Waals surface area contributed by atoms with Crippen LogP contribution in [0.1, 0.15) is 36.0 Å². The van der Waals surface area contributed by atoms with Crippen LogP contribution in [-0.2, 0) is 6.54 Å². The maximum Gasteiger partial charge on any atom is 0.122 e. The van der Waals surface area contributed by atoms with Crippen molar-refractivity contribution in [1.29, 1.82) is 0 Å².